The van der Waals surface area contributed by atoms with Crippen LogP contribution >= 0.6 is 0 Å². The van der Waals surface area contributed by atoms with Crippen molar-refractivity contribution < 1.29 is 24.2 Å². The average molecular weight is 583 g/mol. The Kier molecular flexibility index (Phi) is 9.33. The minimum Gasteiger partial charge on any atom is -0.507 e. The van der Waals surface area contributed by atoms with Crippen molar-refractivity contribution in [3.8, 4) is 5.75 Å². The molecule has 43 heavy (non-hydrogen) atoms. The van der Waals surface area contributed by atoms with Crippen LogP contribution < -0.4 is 4.74 Å². The molecule has 3 aromatic rings. The third-order valence-electron chi connectivity index (χ3n) is 8.30. The molecule has 7 heteroatoms. The summed E-state index contributed by atoms with van der Waals surface area (Å²) in [4.78, 5) is 31.0. The predicted octanol–water partition coefficient (Wildman–Crippen LogP) is 6.02. The van der Waals surface area contributed by atoms with Gasteiger partial charge in [-0.3, -0.25) is 14.5 Å². The number of Topliss-reactive ketones (excluding diaryl/α,β-unsaturated/α-hetero) is 1. The van der Waals surface area contributed by atoms with Crippen LogP contribution in [0.1, 0.15) is 61.1 Å². The maximum absolute atomic E-state index is 13.6. The highest BCUT2D eigenvalue weighted by Gasteiger charge is 2.46. The van der Waals surface area contributed by atoms with Gasteiger partial charge in [-0.15, -0.1) is 0 Å². The number of rotatable bonds is 9. The molecular weight excluding hydrogens is 540 g/mol. The number of aliphatic hydroxyl groups excluding tert-OH is 1. The fraction of sp³-hybridized carbons (Fsp3) is 0.389. The largest absolute Gasteiger partial charge is 0.507 e. The Morgan fingerprint density at radius 2 is 1.65 bits per heavy atom. The predicted molar refractivity (Wildman–Crippen MR) is 168 cm³/mol. The van der Waals surface area contributed by atoms with E-state index in [4.69, 9.17) is 9.47 Å². The molecule has 2 saturated heterocycles. The number of morpholine rings is 1. The number of ketones is 1. The van der Waals surface area contributed by atoms with E-state index < -0.39 is 17.7 Å². The third-order valence-corrected chi connectivity index (χ3v) is 8.30. The van der Waals surface area contributed by atoms with Crippen LogP contribution in [0.15, 0.2) is 78.4 Å². The molecule has 226 valence electrons. The van der Waals surface area contributed by atoms with Gasteiger partial charge >= 0.3 is 0 Å². The molecule has 0 radical (unpaired) electrons. The first-order chi connectivity index (χ1) is 20.6. The average Bonchev–Trinajstić information content (AvgIpc) is 3.26. The van der Waals surface area contributed by atoms with Gasteiger partial charge in [0.1, 0.15) is 18.1 Å². The second kappa shape index (κ2) is 13.1. The summed E-state index contributed by atoms with van der Waals surface area (Å²) >= 11 is 0. The van der Waals surface area contributed by atoms with Gasteiger partial charge in [0.2, 0.25) is 0 Å². The van der Waals surface area contributed by atoms with Crippen molar-refractivity contribution >= 4 is 17.4 Å². The second-order valence-electron chi connectivity index (χ2n) is 12.4. The molecule has 1 N–H and O–H groups in total. The summed E-state index contributed by atoms with van der Waals surface area (Å²) in [6.45, 7) is 13.1. The summed E-state index contributed by atoms with van der Waals surface area (Å²) in [6, 6.07) is 22.6. The Bertz CT molecular complexity index is 1470. The summed E-state index contributed by atoms with van der Waals surface area (Å²) in [6.07, 6.45) is 0.718. The first kappa shape index (κ1) is 30.5. The molecule has 0 spiro atoms. The molecule has 2 aliphatic heterocycles. The number of hydrogen-bond acceptors (Lipinski definition) is 6. The summed E-state index contributed by atoms with van der Waals surface area (Å²) in [5.41, 5.74) is 4.40. The maximum atomic E-state index is 13.6. The number of carbonyl (C=O) groups excluding carboxylic acids is 2. The van der Waals surface area contributed by atoms with Crippen LogP contribution in [0.5, 0.6) is 5.75 Å². The SMILES string of the molecule is Cc1cc(/C(O)=C2\C(=O)C(=O)N(CCCN3CCOCC3)[C@H]2c2ccc(C(C)(C)C)cc2)ccc1OCc1ccccc1. The van der Waals surface area contributed by atoms with Crippen LogP contribution in [-0.4, -0.2) is 66.0 Å². The van der Waals surface area contributed by atoms with E-state index in [1.807, 2.05) is 61.5 Å². The van der Waals surface area contributed by atoms with Gasteiger partial charge in [-0.25, -0.2) is 0 Å². The van der Waals surface area contributed by atoms with Gasteiger partial charge in [0.05, 0.1) is 24.8 Å². The van der Waals surface area contributed by atoms with E-state index in [0.717, 1.165) is 48.3 Å². The fourth-order valence-electron chi connectivity index (χ4n) is 5.76. The number of likely N-dealkylation sites (tertiary alicyclic amines) is 1. The molecule has 0 unspecified atom stereocenters. The molecule has 1 amide bonds. The minimum atomic E-state index is -0.673. The second-order valence-corrected chi connectivity index (χ2v) is 12.4. The summed E-state index contributed by atoms with van der Waals surface area (Å²) in [5, 5.41) is 11.6. The zero-order valence-electron chi connectivity index (χ0n) is 25.6. The topological polar surface area (TPSA) is 79.3 Å². The Labute approximate surface area is 254 Å². The summed E-state index contributed by atoms with van der Waals surface area (Å²) in [5.74, 6) is -0.710. The number of amides is 1. The van der Waals surface area contributed by atoms with E-state index in [-0.39, 0.29) is 16.7 Å². The summed E-state index contributed by atoms with van der Waals surface area (Å²) < 4.78 is 11.5. The molecule has 1 atom stereocenters. The molecule has 5 rings (SSSR count). The molecule has 0 aliphatic carbocycles. The van der Waals surface area contributed by atoms with Gasteiger partial charge in [-0.05, 0) is 59.2 Å². The van der Waals surface area contributed by atoms with E-state index in [0.29, 0.717) is 37.7 Å². The van der Waals surface area contributed by atoms with E-state index in [9.17, 15) is 14.7 Å². The lowest BCUT2D eigenvalue weighted by atomic mass is 9.85. The van der Waals surface area contributed by atoms with Gasteiger partial charge < -0.3 is 19.5 Å². The highest BCUT2D eigenvalue weighted by Crippen LogP contribution is 2.40. The zero-order chi connectivity index (χ0) is 30.6. The lowest BCUT2D eigenvalue weighted by molar-refractivity contribution is -0.140. The summed E-state index contributed by atoms with van der Waals surface area (Å²) in [7, 11) is 0. The lowest BCUT2D eigenvalue weighted by Crippen LogP contribution is -2.39. The van der Waals surface area contributed by atoms with Crippen LogP contribution in [0.2, 0.25) is 0 Å². The first-order valence-corrected chi connectivity index (χ1v) is 15.1. The number of hydrogen-bond donors (Lipinski definition) is 1. The van der Waals surface area contributed by atoms with Crippen LogP contribution in [0.3, 0.4) is 0 Å². The van der Waals surface area contributed by atoms with Crippen molar-refractivity contribution in [2.75, 3.05) is 39.4 Å². The molecule has 2 fully saturated rings. The van der Waals surface area contributed by atoms with Crippen LogP contribution in [-0.2, 0) is 26.3 Å². The van der Waals surface area contributed by atoms with E-state index in [2.05, 4.69) is 25.7 Å². The monoisotopic (exact) mass is 582 g/mol. The normalized spacial score (nSPS) is 19.2. The van der Waals surface area contributed by atoms with Crippen molar-refractivity contribution in [1.82, 2.24) is 9.80 Å². The van der Waals surface area contributed by atoms with Gasteiger partial charge in [-0.2, -0.15) is 0 Å². The third kappa shape index (κ3) is 7.00. The van der Waals surface area contributed by atoms with Crippen molar-refractivity contribution in [2.45, 2.75) is 52.2 Å². The number of benzene rings is 3. The van der Waals surface area contributed by atoms with Crippen LogP contribution in [0.4, 0.5) is 0 Å². The van der Waals surface area contributed by atoms with E-state index in [1.165, 1.54) is 0 Å². The molecule has 7 nitrogen and oxygen atoms in total. The van der Waals surface area contributed by atoms with Gasteiger partial charge in [-0.1, -0.05) is 75.4 Å². The Morgan fingerprint density at radius 1 is 0.953 bits per heavy atom. The van der Waals surface area contributed by atoms with Gasteiger partial charge in [0, 0.05) is 31.7 Å². The van der Waals surface area contributed by atoms with Crippen LogP contribution in [0, 0.1) is 6.92 Å². The molecular formula is C36H42N2O5. The number of ether oxygens (including phenoxy) is 2. The number of carbonyl (C=O) groups is 2. The molecule has 2 heterocycles. The zero-order valence-corrected chi connectivity index (χ0v) is 25.6. The van der Waals surface area contributed by atoms with Crippen molar-refractivity contribution in [3.63, 3.8) is 0 Å². The Morgan fingerprint density at radius 3 is 2.30 bits per heavy atom. The van der Waals surface area contributed by atoms with E-state index in [1.54, 1.807) is 23.1 Å². The molecule has 0 bridgehead atoms. The fourth-order valence-corrected chi connectivity index (χ4v) is 5.76. The van der Waals surface area contributed by atoms with E-state index >= 15 is 0 Å². The smallest absolute Gasteiger partial charge is 0.295 e. The highest BCUT2D eigenvalue weighted by molar-refractivity contribution is 6.46. The maximum Gasteiger partial charge on any atom is 0.295 e. The number of aliphatic hydroxyl groups is 1. The van der Waals surface area contributed by atoms with Crippen LogP contribution in [0.25, 0.3) is 5.76 Å². The lowest BCUT2D eigenvalue weighted by Gasteiger charge is -2.29. The minimum absolute atomic E-state index is 0.0413. The molecule has 0 aromatic heterocycles. The molecule has 3 aromatic carbocycles. The Balaban J connectivity index is 1.44. The standard InChI is InChI=1S/C36H42N2O5/c1-25-23-28(13-16-30(25)43-24-26-9-6-5-7-10-26)33(39)31-32(27-11-14-29(15-12-27)36(2,3)4)38(35(41)34(31)40)18-8-17-37-19-21-42-22-20-37/h5-7,9-16,23,32,39H,8,17-22,24H2,1-4H3/b33-31+/t32-/m0/s1. The molecule has 2 aliphatic rings. The van der Waals surface area contributed by atoms with Crippen molar-refractivity contribution in [2.24, 2.45) is 0 Å². The van der Waals surface area contributed by atoms with Gasteiger partial charge in [0.15, 0.2) is 0 Å². The quantitative estimate of drug-likeness (QED) is 0.189. The first-order valence-electron chi connectivity index (χ1n) is 15.1. The number of aryl methyl sites for hydroxylation is 1. The molecule has 0 saturated carbocycles. The Hall–Kier alpha value is -3.94. The highest BCUT2D eigenvalue weighted by atomic mass is 16.5. The van der Waals surface area contributed by atoms with Crippen molar-refractivity contribution in [3.05, 3.63) is 106 Å². The number of nitrogens with zero attached hydrogens (tertiary/aromatic N) is 2. The van der Waals surface area contributed by atoms with Gasteiger partial charge in [0.25, 0.3) is 11.7 Å². The van der Waals surface area contributed by atoms with Crippen molar-refractivity contribution in [1.29, 1.82) is 0 Å².